The Morgan fingerprint density at radius 1 is 0.882 bits per heavy atom. The molecule has 0 atom stereocenters. The first-order chi connectivity index (χ1) is 16.6. The van der Waals surface area contributed by atoms with Crippen molar-refractivity contribution < 1.29 is 18.3 Å². The van der Waals surface area contributed by atoms with Crippen molar-refractivity contribution >= 4 is 17.3 Å². The Hall–Kier alpha value is -3.14. The van der Waals surface area contributed by atoms with Crippen molar-refractivity contribution in [1.29, 1.82) is 0 Å². The lowest BCUT2D eigenvalue weighted by molar-refractivity contribution is 0.0342. The summed E-state index contributed by atoms with van der Waals surface area (Å²) in [6, 6.07) is 12.5. The summed E-state index contributed by atoms with van der Waals surface area (Å²) in [6.45, 7) is 6.73. The van der Waals surface area contributed by atoms with E-state index in [4.69, 9.17) is 9.47 Å². The van der Waals surface area contributed by atoms with Crippen LogP contribution in [0.25, 0.3) is 11.3 Å². The quantitative estimate of drug-likeness (QED) is 0.591. The molecule has 0 radical (unpaired) electrons. The van der Waals surface area contributed by atoms with E-state index in [9.17, 15) is 8.78 Å². The van der Waals surface area contributed by atoms with Crippen molar-refractivity contribution in [2.24, 2.45) is 0 Å². The summed E-state index contributed by atoms with van der Waals surface area (Å²) in [5.74, 6) is -0.804. The summed E-state index contributed by atoms with van der Waals surface area (Å²) in [5, 5.41) is 3.12. The van der Waals surface area contributed by atoms with E-state index >= 15 is 0 Å². The van der Waals surface area contributed by atoms with E-state index < -0.39 is 11.6 Å². The van der Waals surface area contributed by atoms with E-state index in [0.717, 1.165) is 44.7 Å². The topological polar surface area (TPSA) is 62.8 Å². The van der Waals surface area contributed by atoms with Crippen LogP contribution in [0.4, 0.5) is 26.1 Å². The molecule has 0 amide bonds. The highest BCUT2D eigenvalue weighted by Crippen LogP contribution is 2.28. The van der Waals surface area contributed by atoms with Crippen molar-refractivity contribution in [3.63, 3.8) is 0 Å². The summed E-state index contributed by atoms with van der Waals surface area (Å²) in [6.07, 6.45) is 1.11. The molecule has 2 aliphatic rings. The van der Waals surface area contributed by atoms with Gasteiger partial charge in [0.05, 0.1) is 32.6 Å². The number of rotatable bonds is 6. The van der Waals surface area contributed by atoms with Gasteiger partial charge in [0.15, 0.2) is 5.82 Å². The average Bonchev–Trinajstić information content (AvgIpc) is 2.87. The molecule has 0 unspecified atom stereocenters. The van der Waals surface area contributed by atoms with Gasteiger partial charge in [0, 0.05) is 49.7 Å². The molecular weight excluding hydrogens is 440 g/mol. The fraction of sp³-hybridized carbons (Fsp3) is 0.360. The van der Waals surface area contributed by atoms with Crippen LogP contribution in [0.5, 0.6) is 0 Å². The molecule has 0 bridgehead atoms. The lowest BCUT2D eigenvalue weighted by atomic mass is 10.1. The predicted molar refractivity (Wildman–Crippen MR) is 126 cm³/mol. The van der Waals surface area contributed by atoms with Gasteiger partial charge in [-0.05, 0) is 35.9 Å². The Kier molecular flexibility index (Phi) is 6.94. The van der Waals surface area contributed by atoms with E-state index in [1.54, 1.807) is 6.07 Å². The summed E-state index contributed by atoms with van der Waals surface area (Å²) in [4.78, 5) is 12.8. The Morgan fingerprint density at radius 3 is 2.32 bits per heavy atom. The van der Waals surface area contributed by atoms with Crippen LogP contribution in [0.15, 0.2) is 48.7 Å². The van der Waals surface area contributed by atoms with Crippen LogP contribution in [0.3, 0.4) is 0 Å². The van der Waals surface area contributed by atoms with Gasteiger partial charge >= 0.3 is 0 Å². The second-order valence-electron chi connectivity index (χ2n) is 8.40. The maximum absolute atomic E-state index is 14.7. The predicted octanol–water partition coefficient (Wildman–Crippen LogP) is 3.83. The van der Waals surface area contributed by atoms with Gasteiger partial charge in [0.2, 0.25) is 5.95 Å². The molecule has 2 saturated heterocycles. The number of aromatic nitrogens is 2. The largest absolute Gasteiger partial charge is 0.379 e. The molecule has 0 saturated carbocycles. The molecular formula is C25H27F2N5O2. The number of ether oxygens (including phenoxy) is 2. The zero-order valence-electron chi connectivity index (χ0n) is 18.8. The van der Waals surface area contributed by atoms with Gasteiger partial charge in [-0.15, -0.1) is 0 Å². The van der Waals surface area contributed by atoms with Gasteiger partial charge in [-0.3, -0.25) is 4.90 Å². The molecule has 2 aromatic carbocycles. The first-order valence-corrected chi connectivity index (χ1v) is 11.5. The third-order valence-corrected chi connectivity index (χ3v) is 6.00. The minimum Gasteiger partial charge on any atom is -0.379 e. The smallest absolute Gasteiger partial charge is 0.227 e. The molecule has 0 spiro atoms. The van der Waals surface area contributed by atoms with Gasteiger partial charge in [-0.1, -0.05) is 12.1 Å². The third kappa shape index (κ3) is 5.49. The van der Waals surface area contributed by atoms with Gasteiger partial charge in [0.25, 0.3) is 0 Å². The monoisotopic (exact) mass is 467 g/mol. The molecule has 3 heterocycles. The lowest BCUT2D eigenvalue weighted by Gasteiger charge is -2.29. The number of benzene rings is 2. The summed E-state index contributed by atoms with van der Waals surface area (Å²) >= 11 is 0. The van der Waals surface area contributed by atoms with Crippen molar-refractivity contribution in [3.8, 4) is 11.3 Å². The molecule has 1 aromatic heterocycles. The molecule has 1 N–H and O–H groups in total. The molecule has 34 heavy (non-hydrogen) atoms. The zero-order valence-corrected chi connectivity index (χ0v) is 18.8. The van der Waals surface area contributed by atoms with E-state index in [2.05, 4.69) is 20.2 Å². The van der Waals surface area contributed by atoms with Crippen LogP contribution < -0.4 is 10.2 Å². The molecule has 178 valence electrons. The minimum absolute atomic E-state index is 0.0513. The number of halogens is 2. The van der Waals surface area contributed by atoms with Crippen LogP contribution in [-0.4, -0.2) is 67.5 Å². The van der Waals surface area contributed by atoms with Gasteiger partial charge in [-0.25, -0.2) is 18.7 Å². The molecule has 3 aromatic rings. The SMILES string of the molecule is Fc1cc(-c2nc(Nc3ccc(CN4CCOCC4)cc3)ncc2F)cc(N2CCOCC2)c1. The Bertz CT molecular complexity index is 1120. The molecule has 7 nitrogen and oxygen atoms in total. The number of nitrogens with zero attached hydrogens (tertiary/aromatic N) is 4. The van der Waals surface area contributed by atoms with E-state index in [0.29, 0.717) is 37.6 Å². The molecule has 9 heteroatoms. The molecule has 2 fully saturated rings. The van der Waals surface area contributed by atoms with Crippen molar-refractivity contribution in [1.82, 2.24) is 14.9 Å². The normalized spacial score (nSPS) is 17.1. The maximum atomic E-state index is 14.7. The van der Waals surface area contributed by atoms with Crippen LogP contribution in [-0.2, 0) is 16.0 Å². The molecule has 0 aliphatic carbocycles. The third-order valence-electron chi connectivity index (χ3n) is 6.00. The highest BCUT2D eigenvalue weighted by Gasteiger charge is 2.17. The lowest BCUT2D eigenvalue weighted by Crippen LogP contribution is -2.36. The summed E-state index contributed by atoms with van der Waals surface area (Å²) in [7, 11) is 0. The number of hydrogen-bond donors (Lipinski definition) is 1. The highest BCUT2D eigenvalue weighted by atomic mass is 19.1. The Labute approximate surface area is 197 Å². The molecule has 2 aliphatic heterocycles. The Balaban J connectivity index is 1.32. The zero-order chi connectivity index (χ0) is 23.3. The number of nitrogens with one attached hydrogen (secondary N) is 1. The standard InChI is InChI=1S/C25H27F2N5O2/c26-20-13-19(14-22(15-20)32-7-11-34-12-8-32)24-23(27)16-28-25(30-24)29-21-3-1-18(2-4-21)17-31-5-9-33-10-6-31/h1-4,13-16H,5-12,17H2,(H,28,29,30). The fourth-order valence-electron chi connectivity index (χ4n) is 4.18. The van der Waals surface area contributed by atoms with E-state index in [-0.39, 0.29) is 11.6 Å². The summed E-state index contributed by atoms with van der Waals surface area (Å²) < 4.78 is 39.8. The maximum Gasteiger partial charge on any atom is 0.227 e. The van der Waals surface area contributed by atoms with Gasteiger partial charge in [0.1, 0.15) is 11.5 Å². The van der Waals surface area contributed by atoms with Crippen LogP contribution in [0.1, 0.15) is 5.56 Å². The van der Waals surface area contributed by atoms with Crippen molar-refractivity contribution in [2.75, 3.05) is 62.8 Å². The fourth-order valence-corrected chi connectivity index (χ4v) is 4.18. The van der Waals surface area contributed by atoms with Gasteiger partial charge < -0.3 is 19.7 Å². The summed E-state index contributed by atoms with van der Waals surface area (Å²) in [5.41, 5.74) is 3.09. The van der Waals surface area contributed by atoms with E-state index in [1.165, 1.54) is 17.7 Å². The first-order valence-electron chi connectivity index (χ1n) is 11.5. The second-order valence-corrected chi connectivity index (χ2v) is 8.40. The van der Waals surface area contributed by atoms with Crippen LogP contribution >= 0.6 is 0 Å². The minimum atomic E-state index is -0.607. The first kappa shape index (κ1) is 22.6. The number of morpholine rings is 2. The number of hydrogen-bond acceptors (Lipinski definition) is 7. The van der Waals surface area contributed by atoms with Crippen LogP contribution in [0.2, 0.25) is 0 Å². The highest BCUT2D eigenvalue weighted by molar-refractivity contribution is 5.68. The van der Waals surface area contributed by atoms with Crippen LogP contribution in [0, 0.1) is 11.6 Å². The number of anilines is 3. The van der Waals surface area contributed by atoms with Gasteiger partial charge in [-0.2, -0.15) is 0 Å². The Morgan fingerprint density at radius 2 is 1.59 bits per heavy atom. The molecule has 5 rings (SSSR count). The average molecular weight is 468 g/mol. The van der Waals surface area contributed by atoms with Crippen molar-refractivity contribution in [2.45, 2.75) is 6.54 Å². The second kappa shape index (κ2) is 10.4. The van der Waals surface area contributed by atoms with E-state index in [1.807, 2.05) is 29.2 Å². The van der Waals surface area contributed by atoms with Crippen molar-refractivity contribution in [3.05, 3.63) is 65.9 Å².